The summed E-state index contributed by atoms with van der Waals surface area (Å²) in [6.07, 6.45) is 4.88. The fourth-order valence-electron chi connectivity index (χ4n) is 3.31. The number of nitrogens with zero attached hydrogens (tertiary/aromatic N) is 2. The van der Waals surface area contributed by atoms with Crippen LogP contribution >= 0.6 is 0 Å². The maximum absolute atomic E-state index is 12.6. The molecule has 1 fully saturated rings. The van der Waals surface area contributed by atoms with Gasteiger partial charge >= 0.3 is 0 Å². The van der Waals surface area contributed by atoms with Crippen molar-refractivity contribution in [2.24, 2.45) is 0 Å². The van der Waals surface area contributed by atoms with Crippen LogP contribution in [-0.2, 0) is 16.1 Å². The molecule has 0 aliphatic carbocycles. The van der Waals surface area contributed by atoms with E-state index in [0.717, 1.165) is 31.4 Å². The number of carbonyl (C=O) groups is 3. The summed E-state index contributed by atoms with van der Waals surface area (Å²) in [5.41, 5.74) is 1.13. The van der Waals surface area contributed by atoms with E-state index in [9.17, 15) is 14.4 Å². The van der Waals surface area contributed by atoms with Gasteiger partial charge in [0.2, 0.25) is 5.91 Å². The summed E-state index contributed by atoms with van der Waals surface area (Å²) >= 11 is 0. The van der Waals surface area contributed by atoms with E-state index in [1.54, 1.807) is 17.7 Å². The Morgan fingerprint density at radius 2 is 1.80 bits per heavy atom. The first-order valence-electron chi connectivity index (χ1n) is 8.80. The van der Waals surface area contributed by atoms with Crippen LogP contribution in [0.1, 0.15) is 36.5 Å². The van der Waals surface area contributed by atoms with Gasteiger partial charge in [-0.05, 0) is 32.3 Å². The smallest absolute Gasteiger partial charge is 0.292 e. The molecule has 6 heteroatoms. The highest BCUT2D eigenvalue weighted by Gasteiger charge is 2.23. The lowest BCUT2D eigenvalue weighted by Gasteiger charge is -2.27. The van der Waals surface area contributed by atoms with Gasteiger partial charge in [-0.15, -0.1) is 0 Å². The van der Waals surface area contributed by atoms with Crippen molar-refractivity contribution in [1.82, 2.24) is 14.8 Å². The van der Waals surface area contributed by atoms with E-state index in [2.05, 4.69) is 5.32 Å². The quantitative estimate of drug-likeness (QED) is 0.668. The normalized spacial score (nSPS) is 14.5. The minimum atomic E-state index is -0.618. The largest absolute Gasteiger partial charge is 0.349 e. The molecule has 0 atom stereocenters. The molecule has 0 saturated carbocycles. The van der Waals surface area contributed by atoms with E-state index in [4.69, 9.17) is 0 Å². The standard InChI is InChI=1S/C19H23N3O3/c1-2-20-19(25)18(24)15-12-22(16-9-5-4-8-14(15)16)13-17(23)21-10-6-3-7-11-21/h4-5,8-9,12H,2-3,6-7,10-11,13H2,1H3,(H,20,25). The first-order chi connectivity index (χ1) is 12.1. The van der Waals surface area contributed by atoms with Gasteiger partial charge in [-0.3, -0.25) is 14.4 Å². The number of hydrogen-bond donors (Lipinski definition) is 1. The molecule has 1 aromatic carbocycles. The third-order valence-electron chi connectivity index (χ3n) is 4.59. The maximum atomic E-state index is 12.6. The van der Waals surface area contributed by atoms with Gasteiger partial charge in [0.1, 0.15) is 6.54 Å². The fourth-order valence-corrected chi connectivity index (χ4v) is 3.31. The number of carbonyl (C=O) groups excluding carboxylic acids is 3. The Bertz CT molecular complexity index is 803. The lowest BCUT2D eigenvalue weighted by molar-refractivity contribution is -0.132. The van der Waals surface area contributed by atoms with Crippen LogP contribution in [0, 0.1) is 0 Å². The van der Waals surface area contributed by atoms with Crippen molar-refractivity contribution >= 4 is 28.5 Å². The molecule has 132 valence electrons. The van der Waals surface area contributed by atoms with Crippen LogP contribution in [-0.4, -0.2) is 46.7 Å². The van der Waals surface area contributed by atoms with Gasteiger partial charge in [0, 0.05) is 36.7 Å². The third-order valence-corrected chi connectivity index (χ3v) is 4.59. The predicted molar refractivity (Wildman–Crippen MR) is 95.4 cm³/mol. The van der Waals surface area contributed by atoms with E-state index >= 15 is 0 Å². The SMILES string of the molecule is CCNC(=O)C(=O)c1cn(CC(=O)N2CCCCC2)c2ccccc12. The molecule has 2 aromatic rings. The second-order valence-corrected chi connectivity index (χ2v) is 6.32. The predicted octanol–water partition coefficient (Wildman–Crippen LogP) is 1.97. The van der Waals surface area contributed by atoms with Crippen LogP contribution < -0.4 is 5.32 Å². The number of fused-ring (bicyclic) bond motifs is 1. The van der Waals surface area contributed by atoms with E-state index in [1.807, 2.05) is 29.2 Å². The highest BCUT2D eigenvalue weighted by atomic mass is 16.2. The third kappa shape index (κ3) is 3.57. The summed E-state index contributed by atoms with van der Waals surface area (Å²) in [6, 6.07) is 7.37. The van der Waals surface area contributed by atoms with Crippen LogP contribution in [0.5, 0.6) is 0 Å². The second-order valence-electron chi connectivity index (χ2n) is 6.32. The highest BCUT2D eigenvalue weighted by Crippen LogP contribution is 2.22. The van der Waals surface area contributed by atoms with Gasteiger partial charge in [0.25, 0.3) is 11.7 Å². The number of para-hydroxylation sites is 1. The number of rotatable bonds is 5. The average molecular weight is 341 g/mol. The van der Waals surface area contributed by atoms with Gasteiger partial charge < -0.3 is 14.8 Å². The molecule has 0 unspecified atom stereocenters. The highest BCUT2D eigenvalue weighted by molar-refractivity contribution is 6.45. The topological polar surface area (TPSA) is 71.4 Å². The van der Waals surface area contributed by atoms with Crippen LogP contribution in [0.25, 0.3) is 10.9 Å². The Morgan fingerprint density at radius 1 is 1.08 bits per heavy atom. The summed E-state index contributed by atoms with van der Waals surface area (Å²) in [6.45, 7) is 3.94. The molecule has 1 aliphatic heterocycles. The van der Waals surface area contributed by atoms with Gasteiger partial charge in [-0.25, -0.2) is 0 Å². The zero-order chi connectivity index (χ0) is 17.8. The molecule has 2 amide bonds. The molecule has 1 N–H and O–H groups in total. The molecular weight excluding hydrogens is 318 g/mol. The van der Waals surface area contributed by atoms with Crippen molar-refractivity contribution in [1.29, 1.82) is 0 Å². The van der Waals surface area contributed by atoms with E-state index in [0.29, 0.717) is 17.5 Å². The Balaban J connectivity index is 1.89. The first kappa shape index (κ1) is 17.2. The molecule has 1 saturated heterocycles. The molecule has 3 rings (SSSR count). The van der Waals surface area contributed by atoms with Crippen LogP contribution in [0.2, 0.25) is 0 Å². The minimum absolute atomic E-state index is 0.0532. The first-order valence-corrected chi connectivity index (χ1v) is 8.80. The van der Waals surface area contributed by atoms with Crippen molar-refractivity contribution in [2.75, 3.05) is 19.6 Å². The number of piperidine rings is 1. The van der Waals surface area contributed by atoms with Crippen LogP contribution in [0.3, 0.4) is 0 Å². The number of amides is 2. The molecule has 2 heterocycles. The Kier molecular flexibility index (Phi) is 5.16. The molecule has 1 aliphatic rings. The number of benzene rings is 1. The number of hydrogen-bond acceptors (Lipinski definition) is 3. The number of nitrogens with one attached hydrogen (secondary N) is 1. The molecular formula is C19H23N3O3. The maximum Gasteiger partial charge on any atom is 0.292 e. The van der Waals surface area contributed by atoms with Crippen molar-refractivity contribution in [3.05, 3.63) is 36.0 Å². The van der Waals surface area contributed by atoms with Crippen LogP contribution in [0.15, 0.2) is 30.5 Å². The van der Waals surface area contributed by atoms with Gasteiger partial charge in [0.05, 0.1) is 5.56 Å². The molecule has 0 bridgehead atoms. The number of aromatic nitrogens is 1. The summed E-state index contributed by atoms with van der Waals surface area (Å²) in [7, 11) is 0. The molecule has 0 radical (unpaired) electrons. The fraction of sp³-hybridized carbons (Fsp3) is 0.421. The van der Waals surface area contributed by atoms with E-state index in [1.165, 1.54) is 6.42 Å². The van der Waals surface area contributed by atoms with Crippen molar-refractivity contribution in [2.45, 2.75) is 32.7 Å². The van der Waals surface area contributed by atoms with Gasteiger partial charge in [-0.2, -0.15) is 0 Å². The molecule has 0 spiro atoms. The molecule has 6 nitrogen and oxygen atoms in total. The van der Waals surface area contributed by atoms with Crippen molar-refractivity contribution in [3.63, 3.8) is 0 Å². The molecule has 1 aromatic heterocycles. The minimum Gasteiger partial charge on any atom is -0.349 e. The Labute approximate surface area is 146 Å². The number of ketones is 1. The number of likely N-dealkylation sites (N-methyl/N-ethyl adjacent to an activating group) is 1. The van der Waals surface area contributed by atoms with E-state index in [-0.39, 0.29) is 12.5 Å². The lowest BCUT2D eigenvalue weighted by Crippen LogP contribution is -2.37. The zero-order valence-corrected chi connectivity index (χ0v) is 14.5. The number of likely N-dealkylation sites (tertiary alicyclic amines) is 1. The average Bonchev–Trinajstić information content (AvgIpc) is 3.00. The zero-order valence-electron chi connectivity index (χ0n) is 14.5. The summed E-state index contributed by atoms with van der Waals surface area (Å²) in [5.74, 6) is -1.13. The molecule has 25 heavy (non-hydrogen) atoms. The summed E-state index contributed by atoms with van der Waals surface area (Å²) < 4.78 is 1.78. The van der Waals surface area contributed by atoms with Crippen molar-refractivity contribution < 1.29 is 14.4 Å². The monoisotopic (exact) mass is 341 g/mol. The second kappa shape index (κ2) is 7.51. The lowest BCUT2D eigenvalue weighted by atomic mass is 10.1. The Morgan fingerprint density at radius 3 is 2.52 bits per heavy atom. The summed E-state index contributed by atoms with van der Waals surface area (Å²) in [5, 5.41) is 3.24. The number of Topliss-reactive ketones (excluding diaryl/α,β-unsaturated/α-hetero) is 1. The van der Waals surface area contributed by atoms with Crippen LogP contribution in [0.4, 0.5) is 0 Å². The van der Waals surface area contributed by atoms with Gasteiger partial charge in [-0.1, -0.05) is 18.2 Å². The van der Waals surface area contributed by atoms with Gasteiger partial charge in [0.15, 0.2) is 0 Å². The van der Waals surface area contributed by atoms with E-state index < -0.39 is 11.7 Å². The Hall–Kier alpha value is -2.63. The van der Waals surface area contributed by atoms with Crippen molar-refractivity contribution in [3.8, 4) is 0 Å². The summed E-state index contributed by atoms with van der Waals surface area (Å²) in [4.78, 5) is 38.8.